The van der Waals surface area contributed by atoms with Crippen LogP contribution in [0.4, 0.5) is 5.00 Å². The van der Waals surface area contributed by atoms with E-state index in [0.29, 0.717) is 5.76 Å². The molecule has 1 fully saturated rings. The molecule has 0 saturated carbocycles. The molecule has 1 N–H and O–H groups in total. The molecule has 7 heteroatoms. The van der Waals surface area contributed by atoms with E-state index in [1.165, 1.54) is 16.7 Å². The normalized spacial score (nSPS) is 16.3. The van der Waals surface area contributed by atoms with E-state index < -0.39 is 0 Å². The Kier molecular flexibility index (Phi) is 5.73. The molecule has 1 amide bonds. The lowest BCUT2D eigenvalue weighted by Crippen LogP contribution is -2.39. The van der Waals surface area contributed by atoms with Crippen LogP contribution in [0.3, 0.4) is 0 Å². The number of hydrogen-bond donors (Lipinski definition) is 1. The maximum atomic E-state index is 12.6. The van der Waals surface area contributed by atoms with E-state index in [1.807, 2.05) is 0 Å². The fraction of sp³-hybridized carbons (Fsp3) is 0.350. The Morgan fingerprint density at radius 1 is 1.33 bits per heavy atom. The van der Waals surface area contributed by atoms with Crippen LogP contribution in [0, 0.1) is 0 Å². The molecule has 1 saturated heterocycles. The number of hydrogen-bond acceptors (Lipinski definition) is 6. The monoisotopic (exact) mass is 402 g/mol. The van der Waals surface area contributed by atoms with Crippen LogP contribution >= 0.6 is 22.7 Å². The SMILES string of the molecule is CCc1cc(C(c2ccsc2)N2CCOCC2)c(NC(=O)c2ccco2)s1. The first-order valence-electron chi connectivity index (χ1n) is 9.07. The number of carbonyl (C=O) groups is 1. The summed E-state index contributed by atoms with van der Waals surface area (Å²) in [7, 11) is 0. The lowest BCUT2D eigenvalue weighted by atomic mass is 10.0. The zero-order valence-corrected chi connectivity index (χ0v) is 16.8. The van der Waals surface area contributed by atoms with Gasteiger partial charge in [-0.1, -0.05) is 6.92 Å². The maximum absolute atomic E-state index is 12.6. The van der Waals surface area contributed by atoms with Gasteiger partial charge in [-0.2, -0.15) is 11.3 Å². The Labute approximate surface area is 166 Å². The lowest BCUT2D eigenvalue weighted by Gasteiger charge is -2.34. The number of ether oxygens (including phenoxy) is 1. The number of anilines is 1. The zero-order valence-electron chi connectivity index (χ0n) is 15.1. The first-order valence-corrected chi connectivity index (χ1v) is 10.8. The molecule has 1 unspecified atom stereocenters. The molecule has 1 aliphatic rings. The lowest BCUT2D eigenvalue weighted by molar-refractivity contribution is 0.0242. The second-order valence-electron chi connectivity index (χ2n) is 6.39. The van der Waals surface area contributed by atoms with Gasteiger partial charge in [0.15, 0.2) is 5.76 Å². The van der Waals surface area contributed by atoms with Crippen LogP contribution in [-0.2, 0) is 11.2 Å². The molecule has 4 heterocycles. The van der Waals surface area contributed by atoms with Gasteiger partial charge < -0.3 is 14.5 Å². The van der Waals surface area contributed by atoms with E-state index in [-0.39, 0.29) is 11.9 Å². The molecule has 27 heavy (non-hydrogen) atoms. The third-order valence-corrected chi connectivity index (χ3v) is 6.61. The Bertz CT molecular complexity index is 865. The minimum absolute atomic E-state index is 0.114. The molecule has 0 radical (unpaired) electrons. The molecule has 142 valence electrons. The van der Waals surface area contributed by atoms with Gasteiger partial charge in [0.05, 0.1) is 25.5 Å². The van der Waals surface area contributed by atoms with Gasteiger partial charge in [0.2, 0.25) is 0 Å². The zero-order chi connectivity index (χ0) is 18.6. The number of morpholine rings is 1. The van der Waals surface area contributed by atoms with Crippen LogP contribution in [-0.4, -0.2) is 37.1 Å². The largest absolute Gasteiger partial charge is 0.459 e. The average molecular weight is 403 g/mol. The van der Waals surface area contributed by atoms with Crippen molar-refractivity contribution in [1.29, 1.82) is 0 Å². The Balaban J connectivity index is 1.70. The first-order chi connectivity index (χ1) is 13.3. The molecular formula is C20H22N2O3S2. The van der Waals surface area contributed by atoms with Gasteiger partial charge in [-0.05, 0) is 47.0 Å². The van der Waals surface area contributed by atoms with Crippen molar-refractivity contribution < 1.29 is 13.9 Å². The molecule has 0 spiro atoms. The van der Waals surface area contributed by atoms with E-state index in [4.69, 9.17) is 9.15 Å². The van der Waals surface area contributed by atoms with Crippen molar-refractivity contribution >= 4 is 33.6 Å². The smallest absolute Gasteiger partial charge is 0.291 e. The summed E-state index contributed by atoms with van der Waals surface area (Å²) in [4.78, 5) is 16.3. The molecular weight excluding hydrogens is 380 g/mol. The van der Waals surface area contributed by atoms with Crippen molar-refractivity contribution in [2.24, 2.45) is 0 Å². The number of furan rings is 1. The number of carbonyl (C=O) groups excluding carboxylic acids is 1. The van der Waals surface area contributed by atoms with Crippen molar-refractivity contribution in [1.82, 2.24) is 4.90 Å². The van der Waals surface area contributed by atoms with Gasteiger partial charge in [0.1, 0.15) is 5.00 Å². The Morgan fingerprint density at radius 3 is 2.85 bits per heavy atom. The quantitative estimate of drug-likeness (QED) is 0.653. The summed E-state index contributed by atoms with van der Waals surface area (Å²) < 4.78 is 10.8. The van der Waals surface area contributed by atoms with E-state index in [0.717, 1.165) is 43.3 Å². The fourth-order valence-electron chi connectivity index (χ4n) is 3.36. The maximum Gasteiger partial charge on any atom is 0.291 e. The predicted octanol–water partition coefficient (Wildman–Crippen LogP) is 4.64. The minimum Gasteiger partial charge on any atom is -0.459 e. The topological polar surface area (TPSA) is 54.7 Å². The van der Waals surface area contributed by atoms with Crippen molar-refractivity contribution in [2.45, 2.75) is 19.4 Å². The minimum atomic E-state index is -0.211. The molecule has 1 atom stereocenters. The van der Waals surface area contributed by atoms with Gasteiger partial charge in [-0.3, -0.25) is 9.69 Å². The van der Waals surface area contributed by atoms with Gasteiger partial charge >= 0.3 is 0 Å². The molecule has 3 aromatic heterocycles. The molecule has 4 rings (SSSR count). The highest BCUT2D eigenvalue weighted by Gasteiger charge is 2.29. The van der Waals surface area contributed by atoms with Crippen LogP contribution in [0.1, 0.15) is 39.5 Å². The standard InChI is InChI=1S/C20H22N2O3S2/c1-2-15-12-16(20(27-15)21-19(23)17-4-3-8-25-17)18(14-5-11-26-13-14)22-6-9-24-10-7-22/h3-5,8,11-13,18H,2,6-7,9-10H2,1H3,(H,21,23). The Hall–Kier alpha value is -1.93. The predicted molar refractivity (Wildman–Crippen MR) is 109 cm³/mol. The summed E-state index contributed by atoms with van der Waals surface area (Å²) in [5.74, 6) is 0.114. The summed E-state index contributed by atoms with van der Waals surface area (Å²) in [5.41, 5.74) is 2.41. The molecule has 0 aliphatic carbocycles. The molecule has 5 nitrogen and oxygen atoms in total. The first kappa shape index (κ1) is 18.4. The molecule has 0 aromatic carbocycles. The fourth-order valence-corrected chi connectivity index (χ4v) is 5.06. The van der Waals surface area contributed by atoms with E-state index >= 15 is 0 Å². The summed E-state index contributed by atoms with van der Waals surface area (Å²) in [6, 6.07) is 7.93. The van der Waals surface area contributed by atoms with E-state index in [9.17, 15) is 4.79 Å². The van der Waals surface area contributed by atoms with Crippen molar-refractivity contribution in [2.75, 3.05) is 31.6 Å². The van der Waals surface area contributed by atoms with Crippen LogP contribution < -0.4 is 5.32 Å². The van der Waals surface area contributed by atoms with E-state index in [1.54, 1.807) is 34.8 Å². The van der Waals surface area contributed by atoms with Gasteiger partial charge in [-0.15, -0.1) is 11.3 Å². The van der Waals surface area contributed by atoms with E-state index in [2.05, 4.69) is 40.0 Å². The van der Waals surface area contributed by atoms with Crippen molar-refractivity contribution in [3.05, 3.63) is 63.1 Å². The molecule has 0 bridgehead atoms. The average Bonchev–Trinajstić information content (AvgIpc) is 3.46. The Morgan fingerprint density at radius 2 is 2.19 bits per heavy atom. The van der Waals surface area contributed by atoms with Gasteiger partial charge in [0, 0.05) is 23.5 Å². The highest BCUT2D eigenvalue weighted by Crippen LogP contribution is 2.40. The van der Waals surface area contributed by atoms with Crippen LogP contribution in [0.5, 0.6) is 0 Å². The highest BCUT2D eigenvalue weighted by molar-refractivity contribution is 7.16. The molecule has 1 aliphatic heterocycles. The summed E-state index contributed by atoms with van der Waals surface area (Å²) >= 11 is 3.35. The summed E-state index contributed by atoms with van der Waals surface area (Å²) in [6.07, 6.45) is 2.46. The van der Waals surface area contributed by atoms with Gasteiger partial charge in [-0.25, -0.2) is 0 Å². The summed E-state index contributed by atoms with van der Waals surface area (Å²) in [6.45, 7) is 5.37. The number of nitrogens with zero attached hydrogens (tertiary/aromatic N) is 1. The van der Waals surface area contributed by atoms with Crippen LogP contribution in [0.15, 0.2) is 45.7 Å². The van der Waals surface area contributed by atoms with Crippen LogP contribution in [0.25, 0.3) is 0 Å². The molecule has 3 aromatic rings. The van der Waals surface area contributed by atoms with Gasteiger partial charge in [0.25, 0.3) is 5.91 Å². The highest BCUT2D eigenvalue weighted by atomic mass is 32.1. The van der Waals surface area contributed by atoms with Crippen molar-refractivity contribution in [3.63, 3.8) is 0 Å². The second-order valence-corrected chi connectivity index (χ2v) is 8.31. The third kappa shape index (κ3) is 4.01. The number of nitrogens with one attached hydrogen (secondary N) is 1. The van der Waals surface area contributed by atoms with Crippen LogP contribution in [0.2, 0.25) is 0 Å². The second kappa shape index (κ2) is 8.39. The number of rotatable bonds is 6. The number of amides is 1. The third-order valence-electron chi connectivity index (χ3n) is 4.70. The number of thiophene rings is 2. The summed E-state index contributed by atoms with van der Waals surface area (Å²) in [5, 5.41) is 8.28. The number of aryl methyl sites for hydroxylation is 1. The van der Waals surface area contributed by atoms with Crippen molar-refractivity contribution in [3.8, 4) is 0 Å².